The average molecular weight is 235 g/mol. The van der Waals surface area contributed by atoms with E-state index >= 15 is 0 Å². The second-order valence-corrected chi connectivity index (χ2v) is 3.96. The third kappa shape index (κ3) is 2.52. The third-order valence-corrected chi connectivity index (χ3v) is 2.55. The molecular formula is C11H13N3O3. The number of amides is 2. The second kappa shape index (κ2) is 4.40. The summed E-state index contributed by atoms with van der Waals surface area (Å²) in [5.41, 5.74) is -0.279. The lowest BCUT2D eigenvalue weighted by molar-refractivity contribution is 0.0950. The molecule has 1 aromatic rings. The van der Waals surface area contributed by atoms with E-state index < -0.39 is 11.5 Å². The predicted molar refractivity (Wildman–Crippen MR) is 60.9 cm³/mol. The fourth-order valence-electron chi connectivity index (χ4n) is 1.41. The molecule has 2 rings (SSSR count). The van der Waals surface area contributed by atoms with Crippen molar-refractivity contribution in [3.63, 3.8) is 0 Å². The number of aromatic nitrogens is 1. The van der Waals surface area contributed by atoms with Gasteiger partial charge in [-0.15, -0.1) is 0 Å². The molecule has 3 N–H and O–H groups in total. The first kappa shape index (κ1) is 11.4. The number of hydrogen-bond acceptors (Lipinski definition) is 3. The minimum Gasteiger partial charge on any atom is -0.355 e. The predicted octanol–water partition coefficient (Wildman–Crippen LogP) is -0.373. The van der Waals surface area contributed by atoms with E-state index in [1.54, 1.807) is 0 Å². The Balaban J connectivity index is 2.26. The Kier molecular flexibility index (Phi) is 2.95. The van der Waals surface area contributed by atoms with Gasteiger partial charge < -0.3 is 15.6 Å². The molecule has 0 atom stereocenters. The van der Waals surface area contributed by atoms with Gasteiger partial charge in [-0.3, -0.25) is 14.4 Å². The molecule has 0 spiro atoms. The van der Waals surface area contributed by atoms with E-state index in [2.05, 4.69) is 15.6 Å². The van der Waals surface area contributed by atoms with Crippen LogP contribution in [0.5, 0.6) is 0 Å². The molecule has 0 bridgehead atoms. The molecule has 1 aliphatic rings. The van der Waals surface area contributed by atoms with Gasteiger partial charge in [-0.1, -0.05) is 0 Å². The van der Waals surface area contributed by atoms with Crippen LogP contribution in [0, 0.1) is 0 Å². The molecule has 0 aliphatic heterocycles. The SMILES string of the molecule is CNC(=O)c1cc(C(=O)NC2CC2)c[nH]c1=O. The molecule has 1 aromatic heterocycles. The Morgan fingerprint density at radius 2 is 2.06 bits per heavy atom. The van der Waals surface area contributed by atoms with E-state index in [1.807, 2.05) is 0 Å². The molecule has 1 aliphatic carbocycles. The standard InChI is InChI=1S/C11H13N3O3/c1-12-10(16)8-4-6(5-13-11(8)17)9(15)14-7-2-3-7/h4-5,7H,2-3H2,1H3,(H,12,16)(H,13,17)(H,14,15). The van der Waals surface area contributed by atoms with Gasteiger partial charge in [0.05, 0.1) is 5.56 Å². The highest BCUT2D eigenvalue weighted by molar-refractivity contribution is 5.99. The molecule has 1 fully saturated rings. The first-order valence-corrected chi connectivity index (χ1v) is 5.37. The molecule has 2 amide bonds. The third-order valence-electron chi connectivity index (χ3n) is 2.55. The topological polar surface area (TPSA) is 91.1 Å². The van der Waals surface area contributed by atoms with Crippen LogP contribution in [0.15, 0.2) is 17.1 Å². The van der Waals surface area contributed by atoms with Crippen LogP contribution in [-0.4, -0.2) is 29.9 Å². The van der Waals surface area contributed by atoms with Crippen LogP contribution in [0.3, 0.4) is 0 Å². The van der Waals surface area contributed by atoms with Crippen LogP contribution >= 0.6 is 0 Å². The molecule has 0 unspecified atom stereocenters. The van der Waals surface area contributed by atoms with Gasteiger partial charge in [0.2, 0.25) is 0 Å². The average Bonchev–Trinajstić information content (AvgIpc) is 3.12. The first-order chi connectivity index (χ1) is 8.11. The summed E-state index contributed by atoms with van der Waals surface area (Å²) in [6.07, 6.45) is 3.28. The maximum atomic E-state index is 11.7. The van der Waals surface area contributed by atoms with Gasteiger partial charge in [0.25, 0.3) is 17.4 Å². The fourth-order valence-corrected chi connectivity index (χ4v) is 1.41. The summed E-state index contributed by atoms with van der Waals surface area (Å²) in [7, 11) is 1.43. The Hall–Kier alpha value is -2.11. The van der Waals surface area contributed by atoms with Crippen molar-refractivity contribution in [2.75, 3.05) is 7.05 Å². The largest absolute Gasteiger partial charge is 0.355 e. The van der Waals surface area contributed by atoms with Crippen molar-refractivity contribution in [3.05, 3.63) is 33.7 Å². The van der Waals surface area contributed by atoms with Gasteiger partial charge in [-0.2, -0.15) is 0 Å². The van der Waals surface area contributed by atoms with E-state index in [4.69, 9.17) is 0 Å². The Labute approximate surface area is 97.4 Å². The summed E-state index contributed by atoms with van der Waals surface area (Å²) in [6, 6.07) is 1.54. The lowest BCUT2D eigenvalue weighted by atomic mass is 10.2. The fraction of sp³-hybridized carbons (Fsp3) is 0.364. The van der Waals surface area contributed by atoms with Crippen molar-refractivity contribution in [3.8, 4) is 0 Å². The summed E-state index contributed by atoms with van der Waals surface area (Å²) < 4.78 is 0. The number of carbonyl (C=O) groups excluding carboxylic acids is 2. The van der Waals surface area contributed by atoms with Crippen molar-refractivity contribution in [1.82, 2.24) is 15.6 Å². The van der Waals surface area contributed by atoms with Gasteiger partial charge in [0.1, 0.15) is 5.56 Å². The maximum absolute atomic E-state index is 11.7. The zero-order valence-electron chi connectivity index (χ0n) is 9.37. The Morgan fingerprint density at radius 3 is 2.65 bits per heavy atom. The summed E-state index contributed by atoms with van der Waals surface area (Å²) in [4.78, 5) is 36.8. The van der Waals surface area contributed by atoms with Crippen LogP contribution in [0.1, 0.15) is 33.6 Å². The highest BCUT2D eigenvalue weighted by Crippen LogP contribution is 2.19. The van der Waals surface area contributed by atoms with Gasteiger partial charge >= 0.3 is 0 Å². The van der Waals surface area contributed by atoms with Gasteiger partial charge in [-0.05, 0) is 18.9 Å². The molecule has 0 radical (unpaired) electrons. The highest BCUT2D eigenvalue weighted by Gasteiger charge is 2.24. The maximum Gasteiger partial charge on any atom is 0.260 e. The van der Waals surface area contributed by atoms with E-state index in [0.717, 1.165) is 12.8 Å². The smallest absolute Gasteiger partial charge is 0.260 e. The van der Waals surface area contributed by atoms with Crippen LogP contribution < -0.4 is 16.2 Å². The normalized spacial score (nSPS) is 14.2. The zero-order valence-corrected chi connectivity index (χ0v) is 9.37. The number of rotatable bonds is 3. The van der Waals surface area contributed by atoms with Crippen LogP contribution in [0.2, 0.25) is 0 Å². The number of pyridine rings is 1. The molecule has 6 nitrogen and oxygen atoms in total. The quantitative estimate of drug-likeness (QED) is 0.667. The molecule has 0 aromatic carbocycles. The molecule has 1 heterocycles. The first-order valence-electron chi connectivity index (χ1n) is 5.37. The van der Waals surface area contributed by atoms with Crippen molar-refractivity contribution in [2.24, 2.45) is 0 Å². The van der Waals surface area contributed by atoms with Crippen LogP contribution in [0.4, 0.5) is 0 Å². The van der Waals surface area contributed by atoms with Crippen LogP contribution in [-0.2, 0) is 0 Å². The second-order valence-electron chi connectivity index (χ2n) is 3.96. The van der Waals surface area contributed by atoms with Crippen molar-refractivity contribution >= 4 is 11.8 Å². The zero-order chi connectivity index (χ0) is 12.4. The molecule has 17 heavy (non-hydrogen) atoms. The number of H-pyrrole nitrogens is 1. The molecular weight excluding hydrogens is 222 g/mol. The number of aromatic amines is 1. The summed E-state index contributed by atoms with van der Waals surface area (Å²) in [5.74, 6) is -0.777. The van der Waals surface area contributed by atoms with Gasteiger partial charge in [-0.25, -0.2) is 0 Å². The van der Waals surface area contributed by atoms with Crippen LogP contribution in [0.25, 0.3) is 0 Å². The molecule has 6 heteroatoms. The highest BCUT2D eigenvalue weighted by atomic mass is 16.2. The van der Waals surface area contributed by atoms with Gasteiger partial charge in [0.15, 0.2) is 0 Å². The minimum atomic E-state index is -0.507. The number of carbonyl (C=O) groups is 2. The summed E-state index contributed by atoms with van der Waals surface area (Å²) in [6.45, 7) is 0. The lowest BCUT2D eigenvalue weighted by Crippen LogP contribution is -2.30. The lowest BCUT2D eigenvalue weighted by Gasteiger charge is -2.04. The van der Waals surface area contributed by atoms with E-state index in [9.17, 15) is 14.4 Å². The van der Waals surface area contributed by atoms with Crippen molar-refractivity contribution in [2.45, 2.75) is 18.9 Å². The summed E-state index contributed by atoms with van der Waals surface area (Å²) in [5, 5.41) is 5.13. The molecule has 1 saturated carbocycles. The van der Waals surface area contributed by atoms with E-state index in [-0.39, 0.29) is 23.1 Å². The Morgan fingerprint density at radius 1 is 1.35 bits per heavy atom. The molecule has 0 saturated heterocycles. The monoisotopic (exact) mass is 235 g/mol. The summed E-state index contributed by atoms with van der Waals surface area (Å²) >= 11 is 0. The number of nitrogens with one attached hydrogen (secondary N) is 3. The van der Waals surface area contributed by atoms with E-state index in [1.165, 1.54) is 19.3 Å². The van der Waals surface area contributed by atoms with E-state index in [0.29, 0.717) is 0 Å². The van der Waals surface area contributed by atoms with Crippen molar-refractivity contribution < 1.29 is 9.59 Å². The number of hydrogen-bond donors (Lipinski definition) is 3. The van der Waals surface area contributed by atoms with Gasteiger partial charge in [0, 0.05) is 19.3 Å². The molecule has 90 valence electrons. The Bertz CT molecular complexity index is 517. The van der Waals surface area contributed by atoms with Crippen molar-refractivity contribution in [1.29, 1.82) is 0 Å². The minimum absolute atomic E-state index is 0.0593.